The van der Waals surface area contributed by atoms with Gasteiger partial charge in [0.2, 0.25) is 10.0 Å². The van der Waals surface area contributed by atoms with Crippen LogP contribution in [0.3, 0.4) is 0 Å². The van der Waals surface area contributed by atoms with Crippen molar-refractivity contribution in [3.05, 3.63) is 27.3 Å². The molecule has 6 nitrogen and oxygen atoms in total. The molecule has 1 fully saturated rings. The minimum absolute atomic E-state index is 0.0370. The third-order valence-electron chi connectivity index (χ3n) is 3.13. The zero-order chi connectivity index (χ0) is 14.5. The Hall–Kier alpha value is -0.890. The van der Waals surface area contributed by atoms with Crippen molar-refractivity contribution in [3.8, 4) is 6.07 Å². The van der Waals surface area contributed by atoms with Crippen LogP contribution in [0.25, 0.3) is 5.52 Å². The van der Waals surface area contributed by atoms with Crippen LogP contribution in [0.4, 0.5) is 0 Å². The molecule has 1 saturated carbocycles. The van der Waals surface area contributed by atoms with Crippen molar-refractivity contribution in [2.75, 3.05) is 0 Å². The van der Waals surface area contributed by atoms with Gasteiger partial charge in [-0.2, -0.15) is 9.98 Å². The molecule has 3 rings (SSSR count). The molecule has 1 aliphatic rings. The molecular weight excluding hydrogens is 415 g/mol. The molecule has 1 aliphatic carbocycles. The van der Waals surface area contributed by atoms with E-state index >= 15 is 0 Å². The van der Waals surface area contributed by atoms with Gasteiger partial charge in [-0.05, 0) is 47.6 Å². The Bertz CT molecular complexity index is 851. The van der Waals surface area contributed by atoms with E-state index < -0.39 is 15.6 Å². The number of nitrogens with one attached hydrogen (secondary N) is 1. The van der Waals surface area contributed by atoms with E-state index in [1.165, 1.54) is 18.5 Å². The molecule has 0 unspecified atom stereocenters. The Morgan fingerprint density at radius 3 is 2.80 bits per heavy atom. The van der Waals surface area contributed by atoms with Crippen LogP contribution in [-0.2, 0) is 10.0 Å². The number of imidazole rings is 1. The highest BCUT2D eigenvalue weighted by molar-refractivity contribution is 14.1. The van der Waals surface area contributed by atoms with Crippen LogP contribution in [0, 0.1) is 15.0 Å². The third kappa shape index (κ3) is 2.28. The first-order valence-electron chi connectivity index (χ1n) is 5.64. The quantitative estimate of drug-likeness (QED) is 0.605. The monoisotopic (exact) mass is 422 g/mol. The average molecular weight is 423 g/mol. The average Bonchev–Trinajstić information content (AvgIpc) is 3.05. The molecule has 0 aliphatic heterocycles. The van der Waals surface area contributed by atoms with Crippen molar-refractivity contribution in [2.24, 2.45) is 0 Å². The Kier molecular flexibility index (Phi) is 3.20. The maximum atomic E-state index is 12.3. The van der Waals surface area contributed by atoms with Crippen LogP contribution in [-0.4, -0.2) is 23.3 Å². The lowest BCUT2D eigenvalue weighted by atomic mass is 10.3. The van der Waals surface area contributed by atoms with Gasteiger partial charge in [0.25, 0.3) is 0 Å². The highest BCUT2D eigenvalue weighted by Crippen LogP contribution is 2.36. The topological polar surface area (TPSA) is 87.3 Å². The predicted molar refractivity (Wildman–Crippen MR) is 80.8 cm³/mol. The van der Waals surface area contributed by atoms with E-state index in [0.29, 0.717) is 22.1 Å². The van der Waals surface area contributed by atoms with Crippen molar-refractivity contribution in [3.63, 3.8) is 0 Å². The maximum Gasteiger partial charge on any atom is 0.242 e. The van der Waals surface area contributed by atoms with Crippen molar-refractivity contribution in [1.82, 2.24) is 14.1 Å². The van der Waals surface area contributed by atoms with Crippen molar-refractivity contribution >= 4 is 49.7 Å². The van der Waals surface area contributed by atoms with Crippen molar-refractivity contribution in [2.45, 2.75) is 23.3 Å². The van der Waals surface area contributed by atoms with E-state index in [9.17, 15) is 8.42 Å². The molecule has 2 aromatic rings. The fourth-order valence-corrected chi connectivity index (χ4v) is 4.10. The number of hydrogen-bond acceptors (Lipinski definition) is 4. The molecule has 2 heterocycles. The fourth-order valence-electron chi connectivity index (χ4n) is 1.83. The van der Waals surface area contributed by atoms with E-state index in [-0.39, 0.29) is 10.0 Å². The van der Waals surface area contributed by atoms with E-state index in [1.54, 1.807) is 4.40 Å². The van der Waals surface area contributed by atoms with E-state index in [4.69, 9.17) is 16.9 Å². The van der Waals surface area contributed by atoms with Gasteiger partial charge in [0, 0.05) is 0 Å². The van der Waals surface area contributed by atoms with Gasteiger partial charge in [-0.1, -0.05) is 11.6 Å². The summed E-state index contributed by atoms with van der Waals surface area (Å²) in [7, 11) is -3.78. The number of halogens is 2. The second kappa shape index (κ2) is 4.56. The summed E-state index contributed by atoms with van der Waals surface area (Å²) in [6.07, 6.45) is 2.59. The van der Waals surface area contributed by atoms with Crippen LogP contribution >= 0.6 is 34.2 Å². The van der Waals surface area contributed by atoms with Gasteiger partial charge in [-0.25, -0.2) is 13.4 Å². The third-order valence-corrected chi connectivity index (χ3v) is 5.77. The van der Waals surface area contributed by atoms with Gasteiger partial charge in [-0.15, -0.1) is 0 Å². The summed E-state index contributed by atoms with van der Waals surface area (Å²) in [6.45, 7) is 0. The van der Waals surface area contributed by atoms with Crippen LogP contribution in [0.2, 0.25) is 5.15 Å². The standard InChI is InChI=1S/C11H8ClIN4O2S/c12-9-4-7(3-8-10(13)15-6-17(8)9)20(18,19)16-11(5-14)1-2-11/h3-4,6,16H,1-2H2. The summed E-state index contributed by atoms with van der Waals surface area (Å²) in [4.78, 5) is 4.12. The first-order valence-corrected chi connectivity index (χ1v) is 8.58. The number of sulfonamides is 1. The number of fused-ring (bicyclic) bond motifs is 1. The molecular formula is C11H8ClIN4O2S. The molecule has 0 radical (unpaired) electrons. The summed E-state index contributed by atoms with van der Waals surface area (Å²) in [5.41, 5.74) is -0.342. The van der Waals surface area contributed by atoms with Crippen molar-refractivity contribution < 1.29 is 8.42 Å². The van der Waals surface area contributed by atoms with Gasteiger partial charge < -0.3 is 0 Å². The van der Waals surface area contributed by atoms with Gasteiger partial charge in [-0.3, -0.25) is 4.40 Å². The van der Waals surface area contributed by atoms with Crippen molar-refractivity contribution in [1.29, 1.82) is 5.26 Å². The number of hydrogen-bond donors (Lipinski definition) is 1. The zero-order valence-electron chi connectivity index (χ0n) is 9.97. The number of pyridine rings is 1. The molecule has 0 saturated heterocycles. The summed E-state index contributed by atoms with van der Waals surface area (Å²) < 4.78 is 29.3. The molecule has 9 heteroatoms. The summed E-state index contributed by atoms with van der Waals surface area (Å²) in [6, 6.07) is 4.84. The molecule has 0 aromatic carbocycles. The smallest absolute Gasteiger partial charge is 0.242 e. The Morgan fingerprint density at radius 1 is 1.50 bits per heavy atom. The molecule has 20 heavy (non-hydrogen) atoms. The number of nitriles is 1. The van der Waals surface area contributed by atoms with E-state index in [1.807, 2.05) is 28.7 Å². The Morgan fingerprint density at radius 2 is 2.20 bits per heavy atom. The maximum absolute atomic E-state index is 12.3. The zero-order valence-corrected chi connectivity index (χ0v) is 13.7. The van der Waals surface area contributed by atoms with Gasteiger partial charge in [0.05, 0.1) is 16.5 Å². The predicted octanol–water partition coefficient (Wildman–Crippen LogP) is 1.93. The molecule has 0 atom stereocenters. The Balaban J connectivity index is 2.10. The van der Waals surface area contributed by atoms with E-state index in [2.05, 4.69) is 9.71 Å². The van der Waals surface area contributed by atoms with Crippen LogP contribution in [0.1, 0.15) is 12.8 Å². The molecule has 0 bridgehead atoms. The van der Waals surface area contributed by atoms with Crippen LogP contribution < -0.4 is 4.72 Å². The normalized spacial score (nSPS) is 17.1. The lowest BCUT2D eigenvalue weighted by Gasteiger charge is -2.11. The largest absolute Gasteiger partial charge is 0.288 e. The summed E-state index contributed by atoms with van der Waals surface area (Å²) in [5, 5.41) is 9.24. The molecule has 0 amide bonds. The molecule has 1 N–H and O–H groups in total. The molecule has 2 aromatic heterocycles. The number of aromatic nitrogens is 2. The summed E-state index contributed by atoms with van der Waals surface area (Å²) >= 11 is 8.07. The minimum atomic E-state index is -3.78. The lowest BCUT2D eigenvalue weighted by Crippen LogP contribution is -2.35. The first kappa shape index (κ1) is 14.1. The second-order valence-electron chi connectivity index (χ2n) is 4.60. The SMILES string of the molecule is N#CC1(NS(=O)(=O)c2cc(Cl)n3cnc(I)c3c2)CC1. The molecule has 104 valence electrons. The van der Waals surface area contributed by atoms with Gasteiger partial charge >= 0.3 is 0 Å². The highest BCUT2D eigenvalue weighted by Gasteiger charge is 2.46. The minimum Gasteiger partial charge on any atom is -0.288 e. The summed E-state index contributed by atoms with van der Waals surface area (Å²) in [5.74, 6) is 0. The Labute approximate surface area is 133 Å². The fraction of sp³-hybridized carbons (Fsp3) is 0.273. The second-order valence-corrected chi connectivity index (χ2v) is 7.70. The van der Waals surface area contributed by atoms with Crippen LogP contribution in [0.15, 0.2) is 23.4 Å². The first-order chi connectivity index (χ1) is 9.37. The molecule has 0 spiro atoms. The van der Waals surface area contributed by atoms with Gasteiger partial charge in [0.15, 0.2) is 0 Å². The van der Waals surface area contributed by atoms with Crippen LogP contribution in [0.5, 0.6) is 0 Å². The number of rotatable bonds is 3. The number of nitrogens with zero attached hydrogens (tertiary/aromatic N) is 3. The van der Waals surface area contributed by atoms with E-state index in [0.717, 1.165) is 0 Å². The lowest BCUT2D eigenvalue weighted by molar-refractivity contribution is 0.571. The van der Waals surface area contributed by atoms with Gasteiger partial charge in [0.1, 0.15) is 20.7 Å². The highest BCUT2D eigenvalue weighted by atomic mass is 127.